The summed E-state index contributed by atoms with van der Waals surface area (Å²) in [5.41, 5.74) is 1.17. The third kappa shape index (κ3) is 6.62. The third-order valence-corrected chi connectivity index (χ3v) is 5.41. The molecule has 1 aliphatic heterocycles. The van der Waals surface area contributed by atoms with Crippen molar-refractivity contribution in [2.45, 2.75) is 37.1 Å². The lowest BCUT2D eigenvalue weighted by atomic mass is 9.99. The van der Waals surface area contributed by atoms with Crippen LogP contribution in [0.2, 0.25) is 0 Å². The summed E-state index contributed by atoms with van der Waals surface area (Å²) < 4.78 is 21.4. The van der Waals surface area contributed by atoms with Crippen molar-refractivity contribution in [3.8, 4) is 23.0 Å². The average molecular weight is 492 g/mol. The Morgan fingerprint density at radius 1 is 1.03 bits per heavy atom. The van der Waals surface area contributed by atoms with Crippen molar-refractivity contribution >= 4 is 12.0 Å². The largest absolute Gasteiger partial charge is 0.504 e. The maximum absolute atomic E-state index is 12.4. The van der Waals surface area contributed by atoms with Gasteiger partial charge in [-0.25, -0.2) is 4.79 Å². The second-order valence-corrected chi connectivity index (χ2v) is 7.82. The van der Waals surface area contributed by atoms with Crippen molar-refractivity contribution in [3.63, 3.8) is 0 Å². The normalized spacial score (nSPS) is 24.4. The fourth-order valence-electron chi connectivity index (χ4n) is 3.47. The molecule has 1 aliphatic rings. The van der Waals surface area contributed by atoms with Gasteiger partial charge in [-0.15, -0.1) is 0 Å². The molecule has 35 heavy (non-hydrogen) atoms. The summed E-state index contributed by atoms with van der Waals surface area (Å²) in [6.45, 7) is -0.597. The highest BCUT2D eigenvalue weighted by atomic mass is 16.7. The van der Waals surface area contributed by atoms with E-state index in [0.717, 1.165) is 6.08 Å². The molecule has 1 fully saturated rings. The van der Waals surface area contributed by atoms with Crippen molar-refractivity contribution in [2.24, 2.45) is 0 Å². The summed E-state index contributed by atoms with van der Waals surface area (Å²) in [4.78, 5) is 12.4. The van der Waals surface area contributed by atoms with Gasteiger partial charge in [-0.2, -0.15) is 0 Å². The van der Waals surface area contributed by atoms with Gasteiger partial charge >= 0.3 is 5.97 Å². The van der Waals surface area contributed by atoms with Crippen molar-refractivity contribution in [1.82, 2.24) is 0 Å². The van der Waals surface area contributed by atoms with Gasteiger partial charge in [-0.1, -0.05) is 12.1 Å². The Bertz CT molecular complexity index is 1040. The predicted molar refractivity (Wildman–Crippen MR) is 121 cm³/mol. The van der Waals surface area contributed by atoms with Crippen LogP contribution in [0.5, 0.6) is 23.0 Å². The second-order valence-electron chi connectivity index (χ2n) is 7.82. The maximum atomic E-state index is 12.4. The van der Waals surface area contributed by atoms with Crippen molar-refractivity contribution < 1.29 is 54.4 Å². The zero-order valence-corrected chi connectivity index (χ0v) is 18.9. The van der Waals surface area contributed by atoms with Gasteiger partial charge < -0.3 is 49.6 Å². The van der Waals surface area contributed by atoms with Gasteiger partial charge in [-0.05, 0) is 47.9 Å². The maximum Gasteiger partial charge on any atom is 0.331 e. The second kappa shape index (κ2) is 11.9. The number of esters is 1. The molecule has 2 aromatic rings. The molecular formula is C24H28O11. The van der Waals surface area contributed by atoms with Crippen LogP contribution in [0.4, 0.5) is 0 Å². The molecule has 3 rings (SSSR count). The van der Waals surface area contributed by atoms with Crippen LogP contribution in [0.15, 0.2) is 42.5 Å². The molecule has 5 atom stereocenters. The quantitative estimate of drug-likeness (QED) is 0.163. The van der Waals surface area contributed by atoms with E-state index in [9.17, 15) is 35.4 Å². The van der Waals surface area contributed by atoms with Crippen molar-refractivity contribution in [2.75, 3.05) is 20.3 Å². The number of aliphatic hydroxyl groups excluding tert-OH is 3. The first-order chi connectivity index (χ1) is 16.7. The molecule has 0 saturated carbocycles. The van der Waals surface area contributed by atoms with Crippen LogP contribution in [0.25, 0.3) is 6.08 Å². The minimum absolute atomic E-state index is 0.00698. The molecule has 0 radical (unpaired) electrons. The van der Waals surface area contributed by atoms with E-state index in [1.807, 2.05) is 0 Å². The lowest BCUT2D eigenvalue weighted by Gasteiger charge is -2.41. The monoisotopic (exact) mass is 492 g/mol. The molecule has 0 bridgehead atoms. The van der Waals surface area contributed by atoms with Crippen LogP contribution in [0, 0.1) is 0 Å². The summed E-state index contributed by atoms with van der Waals surface area (Å²) in [5.74, 6) is -1.27. The van der Waals surface area contributed by atoms with E-state index in [1.54, 1.807) is 12.1 Å². The Balaban J connectivity index is 1.67. The number of methoxy groups -OCH3 is 1. The van der Waals surface area contributed by atoms with E-state index >= 15 is 0 Å². The zero-order chi connectivity index (χ0) is 25.5. The number of carbonyl (C=O) groups excluding carboxylic acids is 1. The Morgan fingerprint density at radius 3 is 2.46 bits per heavy atom. The van der Waals surface area contributed by atoms with Crippen LogP contribution >= 0.6 is 0 Å². The van der Waals surface area contributed by atoms with Crippen LogP contribution in [-0.4, -0.2) is 87.6 Å². The number of phenols is 3. The Hall–Kier alpha value is -3.35. The molecule has 2 aromatic carbocycles. The smallest absolute Gasteiger partial charge is 0.331 e. The van der Waals surface area contributed by atoms with Gasteiger partial charge in [0.1, 0.15) is 18.3 Å². The molecular weight excluding hydrogens is 464 g/mol. The molecule has 0 aliphatic carbocycles. The summed E-state index contributed by atoms with van der Waals surface area (Å²) in [6.07, 6.45) is -4.25. The highest BCUT2D eigenvalue weighted by Crippen LogP contribution is 2.28. The summed E-state index contributed by atoms with van der Waals surface area (Å²) in [7, 11) is 1.39. The van der Waals surface area contributed by atoms with Gasteiger partial charge in [0.2, 0.25) is 0 Å². The van der Waals surface area contributed by atoms with Gasteiger partial charge in [0.05, 0.1) is 20.3 Å². The van der Waals surface area contributed by atoms with E-state index in [-0.39, 0.29) is 36.0 Å². The van der Waals surface area contributed by atoms with Gasteiger partial charge in [-0.3, -0.25) is 0 Å². The molecule has 1 saturated heterocycles. The first-order valence-corrected chi connectivity index (χ1v) is 10.7. The number of benzene rings is 2. The molecule has 11 nitrogen and oxygen atoms in total. The van der Waals surface area contributed by atoms with Crippen LogP contribution < -0.4 is 4.74 Å². The first kappa shape index (κ1) is 26.3. The lowest BCUT2D eigenvalue weighted by molar-refractivity contribution is -0.303. The number of hydrogen-bond acceptors (Lipinski definition) is 11. The molecule has 0 unspecified atom stereocenters. The van der Waals surface area contributed by atoms with Gasteiger partial charge in [0.15, 0.2) is 35.4 Å². The minimum atomic E-state index is -1.60. The van der Waals surface area contributed by atoms with E-state index < -0.39 is 43.3 Å². The highest BCUT2D eigenvalue weighted by Gasteiger charge is 2.47. The number of phenolic OH excluding ortho intramolecular Hbond substituents is 3. The van der Waals surface area contributed by atoms with E-state index in [4.69, 9.17) is 18.9 Å². The summed E-state index contributed by atoms with van der Waals surface area (Å²) in [6, 6.07) is 8.70. The number of hydrogen-bond donors (Lipinski definition) is 6. The van der Waals surface area contributed by atoms with E-state index in [0.29, 0.717) is 11.1 Å². The van der Waals surface area contributed by atoms with E-state index in [1.165, 1.54) is 37.5 Å². The minimum Gasteiger partial charge on any atom is -0.504 e. The highest BCUT2D eigenvalue weighted by molar-refractivity contribution is 5.87. The fraction of sp³-hybridized carbons (Fsp3) is 0.375. The third-order valence-electron chi connectivity index (χ3n) is 5.41. The summed E-state index contributed by atoms with van der Waals surface area (Å²) in [5, 5.41) is 58.8. The van der Waals surface area contributed by atoms with Crippen LogP contribution in [0.1, 0.15) is 11.1 Å². The Kier molecular flexibility index (Phi) is 8.90. The van der Waals surface area contributed by atoms with Gasteiger partial charge in [0.25, 0.3) is 0 Å². The average Bonchev–Trinajstić information content (AvgIpc) is 2.85. The number of ether oxygens (including phenoxy) is 4. The number of carbonyl (C=O) groups is 1. The zero-order valence-electron chi connectivity index (χ0n) is 18.9. The fourth-order valence-corrected chi connectivity index (χ4v) is 3.47. The lowest BCUT2D eigenvalue weighted by Crippen LogP contribution is -2.60. The van der Waals surface area contributed by atoms with Crippen LogP contribution in [-0.2, 0) is 25.4 Å². The van der Waals surface area contributed by atoms with Crippen LogP contribution in [0.3, 0.4) is 0 Å². The standard InChI is InChI=1S/C24H28O11/c1-32-18-11-13(3-6-16(18)27)4-7-20(29)35-23-22(31)21(30)19(12-25)34-24(23)33-9-8-14-2-5-15(26)17(28)10-14/h2-7,10-11,19,21-28,30-31H,8-9,12H2,1H3/b7-4-/t19-,21-,22+,23-,24-/m1/s1. The molecule has 0 aromatic heterocycles. The molecule has 0 spiro atoms. The molecule has 11 heteroatoms. The van der Waals surface area contributed by atoms with Gasteiger partial charge in [0, 0.05) is 6.08 Å². The predicted octanol–water partition coefficient (Wildman–Crippen LogP) is 0.435. The topological polar surface area (TPSA) is 175 Å². The van der Waals surface area contributed by atoms with Crippen molar-refractivity contribution in [1.29, 1.82) is 0 Å². The van der Waals surface area contributed by atoms with E-state index in [2.05, 4.69) is 0 Å². The SMILES string of the molecule is COc1cc(/C=C\C(=O)O[C@H]2[C@H](OCCc3ccc(O)c(O)c3)O[C@H](CO)[C@@H](O)[C@@H]2O)ccc1O. The molecule has 190 valence electrons. The number of aromatic hydroxyl groups is 3. The van der Waals surface area contributed by atoms with Crippen molar-refractivity contribution in [3.05, 3.63) is 53.6 Å². The number of aliphatic hydroxyl groups is 3. The Morgan fingerprint density at radius 2 is 1.77 bits per heavy atom. The Labute approximate surface area is 201 Å². The number of rotatable bonds is 9. The summed E-state index contributed by atoms with van der Waals surface area (Å²) >= 11 is 0. The molecule has 6 N–H and O–H groups in total. The molecule has 0 amide bonds. The first-order valence-electron chi connectivity index (χ1n) is 10.7. The molecule has 1 heterocycles.